The zero-order chi connectivity index (χ0) is 21.9. The van der Waals surface area contributed by atoms with E-state index in [2.05, 4.69) is 16.0 Å². The Morgan fingerprint density at radius 2 is 1.63 bits per heavy atom. The molecule has 0 bridgehead atoms. The van der Waals surface area contributed by atoms with Gasteiger partial charge in [0.05, 0.1) is 10.6 Å². The first-order chi connectivity index (χ1) is 14.1. The van der Waals surface area contributed by atoms with Crippen LogP contribution in [0.1, 0.15) is 10.4 Å². The van der Waals surface area contributed by atoms with Gasteiger partial charge in [-0.15, -0.1) is 0 Å². The molecule has 0 unspecified atom stereocenters. The van der Waals surface area contributed by atoms with Crippen molar-refractivity contribution < 1.29 is 4.79 Å². The second-order valence-corrected chi connectivity index (χ2v) is 9.82. The van der Waals surface area contributed by atoms with Crippen LogP contribution < -0.4 is 16.0 Å². The summed E-state index contributed by atoms with van der Waals surface area (Å²) in [6.07, 6.45) is -1.14. The van der Waals surface area contributed by atoms with Crippen LogP contribution in [0.4, 0.5) is 5.69 Å². The van der Waals surface area contributed by atoms with E-state index in [0.717, 1.165) is 16.5 Å². The Morgan fingerprint density at radius 1 is 0.933 bits per heavy atom. The molecule has 0 spiro atoms. The zero-order valence-corrected chi connectivity index (χ0v) is 19.7. The van der Waals surface area contributed by atoms with Crippen molar-refractivity contribution in [2.45, 2.75) is 9.96 Å². The lowest BCUT2D eigenvalue weighted by Gasteiger charge is -2.28. The number of benzene rings is 3. The highest BCUT2D eigenvalue weighted by molar-refractivity contribution is 7.80. The molecular weight excluding hydrogens is 508 g/mol. The summed E-state index contributed by atoms with van der Waals surface area (Å²) in [7, 11) is 0. The Labute approximate surface area is 203 Å². The Morgan fingerprint density at radius 3 is 2.33 bits per heavy atom. The molecule has 10 heteroatoms. The predicted molar refractivity (Wildman–Crippen MR) is 131 cm³/mol. The summed E-state index contributed by atoms with van der Waals surface area (Å²) < 4.78 is -1.90. The highest BCUT2D eigenvalue weighted by Crippen LogP contribution is 2.30. The van der Waals surface area contributed by atoms with Crippen molar-refractivity contribution in [1.29, 1.82) is 0 Å². The molecule has 4 nitrogen and oxygen atoms in total. The molecular formula is C20H14Cl5N3OS. The number of fused-ring (bicyclic) bond motifs is 1. The Hall–Kier alpha value is -1.47. The number of anilines is 1. The summed E-state index contributed by atoms with van der Waals surface area (Å²) in [6.45, 7) is 0. The summed E-state index contributed by atoms with van der Waals surface area (Å²) in [5.41, 5.74) is 0.941. The number of amides is 1. The number of carbonyl (C=O) groups excluding carboxylic acids is 1. The SMILES string of the molecule is O=C(N[C@@H](NC(=S)Nc1cccc2ccccc12)C(Cl)(Cl)Cl)c1ccc(Cl)cc1Cl. The van der Waals surface area contributed by atoms with Crippen molar-refractivity contribution in [3.8, 4) is 0 Å². The third-order valence-electron chi connectivity index (χ3n) is 4.09. The molecule has 156 valence electrons. The highest BCUT2D eigenvalue weighted by atomic mass is 35.6. The van der Waals surface area contributed by atoms with Crippen molar-refractivity contribution in [1.82, 2.24) is 10.6 Å². The summed E-state index contributed by atoms with van der Waals surface area (Å²) in [5, 5.41) is 11.2. The van der Waals surface area contributed by atoms with Crippen LogP contribution >= 0.6 is 70.2 Å². The average molecular weight is 522 g/mol. The van der Waals surface area contributed by atoms with Crippen molar-refractivity contribution >= 4 is 97.7 Å². The number of nitrogens with one attached hydrogen (secondary N) is 3. The predicted octanol–water partition coefficient (Wildman–Crippen LogP) is 6.56. The van der Waals surface area contributed by atoms with Gasteiger partial charge in [-0.2, -0.15) is 0 Å². The van der Waals surface area contributed by atoms with Gasteiger partial charge in [0.2, 0.25) is 3.79 Å². The van der Waals surface area contributed by atoms with E-state index in [4.69, 9.17) is 70.2 Å². The lowest BCUT2D eigenvalue weighted by molar-refractivity contribution is 0.0934. The fourth-order valence-corrected chi connectivity index (χ4v) is 3.76. The molecule has 3 N–H and O–H groups in total. The third kappa shape index (κ3) is 5.82. The van der Waals surface area contributed by atoms with Crippen LogP contribution in [0.2, 0.25) is 10.0 Å². The lowest BCUT2D eigenvalue weighted by Crippen LogP contribution is -2.56. The topological polar surface area (TPSA) is 53.2 Å². The van der Waals surface area contributed by atoms with E-state index in [1.54, 1.807) is 0 Å². The van der Waals surface area contributed by atoms with Crippen molar-refractivity contribution in [3.63, 3.8) is 0 Å². The molecule has 0 saturated carbocycles. The number of alkyl halides is 3. The lowest BCUT2D eigenvalue weighted by atomic mass is 10.1. The first-order valence-electron chi connectivity index (χ1n) is 8.53. The van der Waals surface area contributed by atoms with Gasteiger partial charge in [-0.05, 0) is 41.9 Å². The van der Waals surface area contributed by atoms with Crippen molar-refractivity contribution in [2.24, 2.45) is 0 Å². The molecule has 1 atom stereocenters. The largest absolute Gasteiger partial charge is 0.339 e. The Kier molecular flexibility index (Phi) is 7.56. The maximum Gasteiger partial charge on any atom is 0.254 e. The summed E-state index contributed by atoms with van der Waals surface area (Å²) >= 11 is 35.5. The average Bonchev–Trinajstić information content (AvgIpc) is 2.67. The van der Waals surface area contributed by atoms with Gasteiger partial charge in [-0.25, -0.2) is 0 Å². The molecule has 0 aromatic heterocycles. The van der Waals surface area contributed by atoms with Gasteiger partial charge in [0.1, 0.15) is 6.17 Å². The van der Waals surface area contributed by atoms with Gasteiger partial charge in [0.15, 0.2) is 5.11 Å². The third-order valence-corrected chi connectivity index (χ3v) is 5.51. The van der Waals surface area contributed by atoms with Gasteiger partial charge in [-0.3, -0.25) is 4.79 Å². The second kappa shape index (κ2) is 9.77. The second-order valence-electron chi connectivity index (χ2n) is 6.20. The van der Waals surface area contributed by atoms with Gasteiger partial charge >= 0.3 is 0 Å². The van der Waals surface area contributed by atoms with E-state index in [9.17, 15) is 4.79 Å². The number of halogens is 5. The molecule has 0 aliphatic rings. The van der Waals surface area contributed by atoms with Crippen LogP contribution in [-0.2, 0) is 0 Å². The number of thiocarbonyl (C=S) groups is 1. The molecule has 3 aromatic rings. The molecule has 0 aliphatic heterocycles. The Balaban J connectivity index is 1.76. The fraction of sp³-hybridized carbons (Fsp3) is 0.100. The quantitative estimate of drug-likeness (QED) is 0.207. The monoisotopic (exact) mass is 519 g/mol. The van der Waals surface area contributed by atoms with E-state index in [1.807, 2.05) is 42.5 Å². The van der Waals surface area contributed by atoms with Crippen LogP contribution in [-0.4, -0.2) is 21.0 Å². The van der Waals surface area contributed by atoms with Crippen LogP contribution in [0.3, 0.4) is 0 Å². The number of carbonyl (C=O) groups is 1. The van der Waals surface area contributed by atoms with Crippen LogP contribution in [0.25, 0.3) is 10.8 Å². The normalized spacial score (nSPS) is 12.3. The number of rotatable bonds is 4. The smallest absolute Gasteiger partial charge is 0.254 e. The summed E-state index contributed by atoms with van der Waals surface area (Å²) in [6, 6.07) is 18.0. The van der Waals surface area contributed by atoms with E-state index in [1.165, 1.54) is 18.2 Å². The van der Waals surface area contributed by atoms with Crippen LogP contribution in [0.15, 0.2) is 60.7 Å². The number of hydrogen-bond donors (Lipinski definition) is 3. The Bertz CT molecular complexity index is 1100. The summed E-state index contributed by atoms with van der Waals surface area (Å²) in [4.78, 5) is 12.6. The van der Waals surface area contributed by atoms with Gasteiger partial charge in [0, 0.05) is 16.1 Å². The van der Waals surface area contributed by atoms with Crippen molar-refractivity contribution in [3.05, 3.63) is 76.3 Å². The van der Waals surface area contributed by atoms with E-state index in [-0.39, 0.29) is 15.7 Å². The highest BCUT2D eigenvalue weighted by Gasteiger charge is 2.35. The van der Waals surface area contributed by atoms with E-state index < -0.39 is 15.9 Å². The summed E-state index contributed by atoms with van der Waals surface area (Å²) in [5.74, 6) is -0.562. The van der Waals surface area contributed by atoms with Gasteiger partial charge in [-0.1, -0.05) is 94.4 Å². The first-order valence-corrected chi connectivity index (χ1v) is 10.8. The zero-order valence-electron chi connectivity index (χ0n) is 15.1. The van der Waals surface area contributed by atoms with Crippen LogP contribution in [0.5, 0.6) is 0 Å². The molecule has 0 fully saturated rings. The van der Waals surface area contributed by atoms with Gasteiger partial charge < -0.3 is 16.0 Å². The molecule has 0 saturated heterocycles. The first kappa shape index (κ1) is 23.2. The molecule has 3 rings (SSSR count). The minimum atomic E-state index is -1.90. The molecule has 3 aromatic carbocycles. The van der Waals surface area contributed by atoms with Crippen molar-refractivity contribution in [2.75, 3.05) is 5.32 Å². The maximum absolute atomic E-state index is 12.6. The molecule has 0 heterocycles. The standard InChI is InChI=1S/C20H14Cl5N3OS/c21-12-8-9-14(15(22)10-12)17(29)27-18(20(23,24)25)28-19(30)26-16-7-3-5-11-4-1-2-6-13(11)16/h1-10,18H,(H,27,29)(H2,26,28,30)/t18-/m0/s1. The molecule has 0 aliphatic carbocycles. The maximum atomic E-state index is 12.6. The minimum Gasteiger partial charge on any atom is -0.339 e. The molecule has 0 radical (unpaired) electrons. The number of hydrogen-bond acceptors (Lipinski definition) is 2. The minimum absolute atomic E-state index is 0.158. The van der Waals surface area contributed by atoms with Crippen LogP contribution in [0, 0.1) is 0 Å². The van der Waals surface area contributed by atoms with E-state index in [0.29, 0.717) is 5.02 Å². The fourth-order valence-electron chi connectivity index (χ4n) is 2.71. The van der Waals surface area contributed by atoms with Gasteiger partial charge in [0.25, 0.3) is 5.91 Å². The van der Waals surface area contributed by atoms with E-state index >= 15 is 0 Å². The molecule has 30 heavy (non-hydrogen) atoms. The molecule has 1 amide bonds.